The lowest BCUT2D eigenvalue weighted by Crippen LogP contribution is -2.10. The SMILES string of the molecule is C=C(N)CBOCN. The van der Waals surface area contributed by atoms with Gasteiger partial charge in [0.05, 0.1) is 6.73 Å². The van der Waals surface area contributed by atoms with E-state index in [1.807, 2.05) is 0 Å². The zero-order valence-corrected chi connectivity index (χ0v) is 4.89. The Balaban J connectivity index is 2.82. The van der Waals surface area contributed by atoms with Gasteiger partial charge in [-0.05, 0) is 12.0 Å². The first-order valence-electron chi connectivity index (χ1n) is 2.48. The molecule has 4 N–H and O–H groups in total. The van der Waals surface area contributed by atoms with Crippen molar-refractivity contribution in [3.63, 3.8) is 0 Å². The Morgan fingerprint density at radius 1 is 1.75 bits per heavy atom. The molecule has 46 valence electrons. The van der Waals surface area contributed by atoms with E-state index in [0.29, 0.717) is 19.5 Å². The van der Waals surface area contributed by atoms with Gasteiger partial charge >= 0.3 is 0 Å². The molecule has 0 bridgehead atoms. The lowest BCUT2D eigenvalue weighted by Gasteiger charge is -1.95. The summed E-state index contributed by atoms with van der Waals surface area (Å²) >= 11 is 0. The Bertz CT molecular complexity index is 76.4. The standard InChI is InChI=1S/C4H11BN2O/c1-4(7)2-5-8-3-6/h5H,1-3,6-7H2. The van der Waals surface area contributed by atoms with Gasteiger partial charge in [0.2, 0.25) is 0 Å². The van der Waals surface area contributed by atoms with E-state index in [2.05, 4.69) is 6.58 Å². The molecule has 0 heterocycles. The highest BCUT2D eigenvalue weighted by Gasteiger charge is 1.88. The Morgan fingerprint density at radius 2 is 2.38 bits per heavy atom. The van der Waals surface area contributed by atoms with E-state index in [1.54, 1.807) is 0 Å². The van der Waals surface area contributed by atoms with Gasteiger partial charge in [0.15, 0.2) is 0 Å². The van der Waals surface area contributed by atoms with Crippen molar-refractivity contribution in [2.45, 2.75) is 6.32 Å². The van der Waals surface area contributed by atoms with E-state index in [-0.39, 0.29) is 6.73 Å². The lowest BCUT2D eigenvalue weighted by atomic mass is 9.94. The molecule has 3 nitrogen and oxygen atoms in total. The summed E-state index contributed by atoms with van der Waals surface area (Å²) in [6.45, 7) is 3.74. The van der Waals surface area contributed by atoms with Gasteiger partial charge in [-0.1, -0.05) is 6.58 Å². The number of allylic oxidation sites excluding steroid dienone is 1. The Hall–Kier alpha value is -0.475. The Labute approximate surface area is 50.0 Å². The Kier molecular flexibility index (Phi) is 4.40. The summed E-state index contributed by atoms with van der Waals surface area (Å²) in [4.78, 5) is 0. The summed E-state index contributed by atoms with van der Waals surface area (Å²) in [7, 11) is 0.575. The van der Waals surface area contributed by atoms with Crippen LogP contribution in [0.2, 0.25) is 6.32 Å². The van der Waals surface area contributed by atoms with Gasteiger partial charge < -0.3 is 16.1 Å². The molecule has 0 saturated carbocycles. The van der Waals surface area contributed by atoms with E-state index in [1.165, 1.54) is 0 Å². The number of hydrogen-bond donors (Lipinski definition) is 2. The van der Waals surface area contributed by atoms with Crippen molar-refractivity contribution in [3.8, 4) is 0 Å². The van der Waals surface area contributed by atoms with Crippen LogP contribution in [0.15, 0.2) is 12.3 Å². The molecule has 0 rings (SSSR count). The molecule has 8 heavy (non-hydrogen) atoms. The molecular weight excluding hydrogens is 103 g/mol. The zero-order chi connectivity index (χ0) is 6.41. The van der Waals surface area contributed by atoms with E-state index in [0.717, 1.165) is 0 Å². The van der Waals surface area contributed by atoms with Gasteiger partial charge in [0.25, 0.3) is 7.48 Å². The summed E-state index contributed by atoms with van der Waals surface area (Å²) in [6, 6.07) is 0. The molecule has 0 fully saturated rings. The molecular formula is C4H11BN2O. The molecule has 0 aliphatic heterocycles. The summed E-state index contributed by atoms with van der Waals surface area (Å²) in [6.07, 6.45) is 0.692. The minimum atomic E-state index is 0.257. The quantitative estimate of drug-likeness (QED) is 0.284. The number of rotatable bonds is 4. The molecule has 0 aliphatic rings. The van der Waals surface area contributed by atoms with Gasteiger partial charge in [-0.3, -0.25) is 0 Å². The molecule has 0 aromatic heterocycles. The summed E-state index contributed by atoms with van der Waals surface area (Å²) < 4.78 is 4.78. The van der Waals surface area contributed by atoms with Crippen LogP contribution in [0, 0.1) is 0 Å². The van der Waals surface area contributed by atoms with Crippen LogP contribution in [0.5, 0.6) is 0 Å². The van der Waals surface area contributed by atoms with Crippen LogP contribution in [0.4, 0.5) is 0 Å². The van der Waals surface area contributed by atoms with Crippen molar-refractivity contribution in [1.29, 1.82) is 0 Å². The Morgan fingerprint density at radius 3 is 2.75 bits per heavy atom. The highest BCUT2D eigenvalue weighted by Crippen LogP contribution is 1.85. The number of hydrogen-bond acceptors (Lipinski definition) is 3. The van der Waals surface area contributed by atoms with Crippen LogP contribution >= 0.6 is 0 Å². The molecule has 0 spiro atoms. The average Bonchev–Trinajstić information content (AvgIpc) is 1.66. The molecule has 0 radical (unpaired) electrons. The van der Waals surface area contributed by atoms with Crippen molar-refractivity contribution >= 4 is 7.48 Å². The largest absolute Gasteiger partial charge is 0.427 e. The van der Waals surface area contributed by atoms with Crippen molar-refractivity contribution in [3.05, 3.63) is 12.3 Å². The minimum absolute atomic E-state index is 0.257. The highest BCUT2D eigenvalue weighted by atomic mass is 16.4. The van der Waals surface area contributed by atoms with Crippen LogP contribution < -0.4 is 11.5 Å². The predicted octanol–water partition coefficient (Wildman–Crippen LogP) is -0.839. The van der Waals surface area contributed by atoms with Crippen molar-refractivity contribution < 1.29 is 4.65 Å². The van der Waals surface area contributed by atoms with Crippen LogP contribution in [-0.4, -0.2) is 14.2 Å². The molecule has 4 heteroatoms. The summed E-state index contributed by atoms with van der Waals surface area (Å²) in [5.41, 5.74) is 10.9. The predicted molar refractivity (Wildman–Crippen MR) is 35.4 cm³/mol. The summed E-state index contributed by atoms with van der Waals surface area (Å²) in [5, 5.41) is 0. The monoisotopic (exact) mass is 114 g/mol. The van der Waals surface area contributed by atoms with Gasteiger partial charge in [0, 0.05) is 0 Å². The minimum Gasteiger partial charge on any atom is -0.427 e. The van der Waals surface area contributed by atoms with Gasteiger partial charge in [-0.15, -0.1) is 0 Å². The van der Waals surface area contributed by atoms with Gasteiger partial charge in [0.1, 0.15) is 0 Å². The second-order valence-corrected chi connectivity index (χ2v) is 1.48. The first-order chi connectivity index (χ1) is 3.77. The molecule has 0 aromatic rings. The number of nitrogens with two attached hydrogens (primary N) is 2. The second kappa shape index (κ2) is 4.68. The van der Waals surface area contributed by atoms with E-state index < -0.39 is 0 Å². The van der Waals surface area contributed by atoms with E-state index >= 15 is 0 Å². The second-order valence-electron chi connectivity index (χ2n) is 1.48. The maximum atomic E-state index is 5.22. The molecule has 0 unspecified atom stereocenters. The third-order valence-corrected chi connectivity index (χ3v) is 0.685. The molecule has 0 saturated heterocycles. The molecule has 0 aliphatic carbocycles. The average molecular weight is 114 g/mol. The van der Waals surface area contributed by atoms with Gasteiger partial charge in [-0.25, -0.2) is 0 Å². The fourth-order valence-corrected chi connectivity index (χ4v) is 0.287. The molecule has 0 amide bonds. The van der Waals surface area contributed by atoms with Crippen molar-refractivity contribution in [2.75, 3.05) is 6.73 Å². The van der Waals surface area contributed by atoms with E-state index in [9.17, 15) is 0 Å². The molecule has 0 aromatic carbocycles. The normalized spacial score (nSPS) is 8.62. The van der Waals surface area contributed by atoms with Crippen LogP contribution in [-0.2, 0) is 4.65 Å². The lowest BCUT2D eigenvalue weighted by molar-refractivity contribution is 0.350. The fraction of sp³-hybridized carbons (Fsp3) is 0.500. The van der Waals surface area contributed by atoms with Crippen LogP contribution in [0.1, 0.15) is 0 Å². The third kappa shape index (κ3) is 5.52. The van der Waals surface area contributed by atoms with Crippen LogP contribution in [0.25, 0.3) is 0 Å². The highest BCUT2D eigenvalue weighted by molar-refractivity contribution is 6.28. The zero-order valence-electron chi connectivity index (χ0n) is 4.89. The fourth-order valence-electron chi connectivity index (χ4n) is 0.287. The first kappa shape index (κ1) is 7.52. The summed E-state index contributed by atoms with van der Waals surface area (Å²) in [5.74, 6) is 0. The topological polar surface area (TPSA) is 61.3 Å². The van der Waals surface area contributed by atoms with Gasteiger partial charge in [-0.2, -0.15) is 0 Å². The van der Waals surface area contributed by atoms with Crippen molar-refractivity contribution in [1.82, 2.24) is 0 Å². The van der Waals surface area contributed by atoms with Crippen molar-refractivity contribution in [2.24, 2.45) is 11.5 Å². The third-order valence-electron chi connectivity index (χ3n) is 0.685. The first-order valence-corrected chi connectivity index (χ1v) is 2.48. The molecule has 0 atom stereocenters. The van der Waals surface area contributed by atoms with E-state index in [4.69, 9.17) is 16.1 Å². The smallest absolute Gasteiger partial charge is 0.282 e. The maximum absolute atomic E-state index is 5.22. The van der Waals surface area contributed by atoms with Crippen LogP contribution in [0.3, 0.4) is 0 Å². The maximum Gasteiger partial charge on any atom is 0.282 e.